The van der Waals surface area contributed by atoms with Gasteiger partial charge in [0.2, 0.25) is 11.2 Å². The van der Waals surface area contributed by atoms with Crippen molar-refractivity contribution in [3.63, 3.8) is 0 Å². The van der Waals surface area contributed by atoms with Gasteiger partial charge in [0.05, 0.1) is 25.3 Å². The third-order valence-corrected chi connectivity index (χ3v) is 10.1. The van der Waals surface area contributed by atoms with Crippen molar-refractivity contribution in [3.8, 4) is 11.5 Å². The van der Waals surface area contributed by atoms with Crippen LogP contribution in [0.5, 0.6) is 11.5 Å². The minimum atomic E-state index is -1.92. The van der Waals surface area contributed by atoms with Crippen LogP contribution >= 0.6 is 0 Å². The van der Waals surface area contributed by atoms with Crippen LogP contribution in [0.1, 0.15) is 80.6 Å². The maximum absolute atomic E-state index is 13.5. The highest BCUT2D eigenvalue weighted by atomic mass is 16.5. The molecule has 1 fully saturated rings. The Morgan fingerprint density at radius 2 is 1.63 bits per heavy atom. The summed E-state index contributed by atoms with van der Waals surface area (Å²) in [6.45, 7) is 4.60. The summed E-state index contributed by atoms with van der Waals surface area (Å²) in [7, 11) is 1.56. The number of unbranched alkanes of at least 4 members (excludes halogenated alkanes) is 6. The van der Waals surface area contributed by atoms with E-state index in [9.17, 15) is 24.9 Å². The second kappa shape index (κ2) is 18.9. The van der Waals surface area contributed by atoms with E-state index < -0.39 is 17.7 Å². The Bertz CT molecular complexity index is 1740. The van der Waals surface area contributed by atoms with Gasteiger partial charge in [-0.1, -0.05) is 80.6 Å². The fraction of sp³-hybridized carbons (Fsp3) is 0.463. The van der Waals surface area contributed by atoms with Gasteiger partial charge < -0.3 is 40.0 Å². The van der Waals surface area contributed by atoms with E-state index in [1.54, 1.807) is 67.8 Å². The van der Waals surface area contributed by atoms with Gasteiger partial charge in [-0.25, -0.2) is 4.79 Å². The van der Waals surface area contributed by atoms with Crippen molar-refractivity contribution in [2.24, 2.45) is 5.92 Å². The number of aromatic amines is 1. The van der Waals surface area contributed by atoms with Crippen LogP contribution in [-0.4, -0.2) is 77.6 Å². The molecule has 0 spiro atoms. The van der Waals surface area contributed by atoms with Crippen molar-refractivity contribution in [1.29, 1.82) is 0 Å². The maximum atomic E-state index is 13.5. The molecular formula is C41H53N3O7. The number of H-pyrrole nitrogens is 1. The normalized spacial score (nSPS) is 15.7. The van der Waals surface area contributed by atoms with Crippen LogP contribution in [0.4, 0.5) is 0 Å². The summed E-state index contributed by atoms with van der Waals surface area (Å²) in [4.78, 5) is 30.2. The average molecular weight is 700 g/mol. The molecule has 1 aliphatic rings. The number of aromatic hydroxyl groups is 1. The molecule has 51 heavy (non-hydrogen) atoms. The number of hydrogen-bond donors (Lipinski definition) is 5. The van der Waals surface area contributed by atoms with Gasteiger partial charge in [0.15, 0.2) is 0 Å². The number of hydrogen-bond acceptors (Lipinski definition) is 9. The maximum Gasteiger partial charge on any atom is 0.347 e. The monoisotopic (exact) mass is 699 g/mol. The smallest absolute Gasteiger partial charge is 0.347 e. The van der Waals surface area contributed by atoms with Gasteiger partial charge in [-0.05, 0) is 93.2 Å². The molecule has 2 atom stereocenters. The van der Waals surface area contributed by atoms with Gasteiger partial charge in [0.1, 0.15) is 11.5 Å². The van der Waals surface area contributed by atoms with Crippen molar-refractivity contribution in [2.45, 2.75) is 69.5 Å². The number of methoxy groups -OCH3 is 1. The van der Waals surface area contributed by atoms with Crippen LogP contribution in [-0.2, 0) is 15.1 Å². The third-order valence-electron chi connectivity index (χ3n) is 10.1. The first-order valence-corrected chi connectivity index (χ1v) is 18.3. The first-order valence-electron chi connectivity index (χ1n) is 18.3. The van der Waals surface area contributed by atoms with E-state index in [1.165, 1.54) is 44.2 Å². The fourth-order valence-electron chi connectivity index (χ4n) is 6.97. The Morgan fingerprint density at radius 1 is 0.922 bits per heavy atom. The number of nitrogens with one attached hydrogen (secondary N) is 2. The minimum absolute atomic E-state index is 0.00863. The molecule has 5 N–H and O–H groups in total. The van der Waals surface area contributed by atoms with Crippen molar-refractivity contribution in [1.82, 2.24) is 15.2 Å². The number of phenols is 1. The summed E-state index contributed by atoms with van der Waals surface area (Å²) in [6, 6.07) is 22.1. The molecule has 2 heterocycles. The molecule has 3 aromatic carbocycles. The molecule has 4 aromatic rings. The van der Waals surface area contributed by atoms with Crippen molar-refractivity contribution in [2.75, 3.05) is 46.4 Å². The second-order valence-electron chi connectivity index (χ2n) is 13.7. The zero-order valence-corrected chi connectivity index (χ0v) is 29.7. The Labute approximate surface area is 300 Å². The predicted octanol–water partition coefficient (Wildman–Crippen LogP) is 5.79. The molecule has 10 nitrogen and oxygen atoms in total. The van der Waals surface area contributed by atoms with Crippen LogP contribution in [0.2, 0.25) is 0 Å². The lowest BCUT2D eigenvalue weighted by Crippen LogP contribution is -2.40. The van der Waals surface area contributed by atoms with Gasteiger partial charge in [-0.15, -0.1) is 0 Å². The fourth-order valence-corrected chi connectivity index (χ4v) is 6.97. The summed E-state index contributed by atoms with van der Waals surface area (Å²) >= 11 is 0. The van der Waals surface area contributed by atoms with Crippen LogP contribution < -0.4 is 15.6 Å². The minimum Gasteiger partial charge on any atom is -0.506 e. The SMILES string of the molecule is COc1cccc(C(O)(C(=O)OCC2CCN(CCCCCCCCCNCC(O)c3ccc(O)c4[nH]c(=O)ccc34)CC2)c2ccccc2)c1. The topological polar surface area (TPSA) is 144 Å². The number of pyridine rings is 1. The highest BCUT2D eigenvalue weighted by Gasteiger charge is 2.42. The Morgan fingerprint density at radius 3 is 2.37 bits per heavy atom. The number of piperidine rings is 1. The van der Waals surface area contributed by atoms with E-state index in [0.29, 0.717) is 46.5 Å². The summed E-state index contributed by atoms with van der Waals surface area (Å²) in [5.74, 6) is 0.154. The molecule has 1 aromatic heterocycles. The Balaban J connectivity index is 0.914. The Hall–Kier alpha value is -4.22. The first kappa shape index (κ1) is 38.0. The number of aliphatic hydroxyl groups excluding tert-OH is 1. The third kappa shape index (κ3) is 10.2. The number of aliphatic hydroxyl groups is 2. The molecule has 274 valence electrons. The van der Waals surface area contributed by atoms with E-state index in [2.05, 4.69) is 15.2 Å². The van der Waals surface area contributed by atoms with Gasteiger partial charge >= 0.3 is 5.97 Å². The number of carbonyl (C=O) groups excluding carboxylic acids is 1. The van der Waals surface area contributed by atoms with Crippen LogP contribution in [0.3, 0.4) is 0 Å². The molecule has 5 rings (SSSR count). The van der Waals surface area contributed by atoms with Crippen LogP contribution in [0.25, 0.3) is 10.9 Å². The number of phenolic OH excluding ortho intramolecular Hbond substituents is 1. The number of aromatic nitrogens is 1. The predicted molar refractivity (Wildman–Crippen MR) is 199 cm³/mol. The highest BCUT2D eigenvalue weighted by molar-refractivity contribution is 5.87. The van der Waals surface area contributed by atoms with Crippen LogP contribution in [0, 0.1) is 5.92 Å². The van der Waals surface area contributed by atoms with Crippen molar-refractivity contribution >= 4 is 16.9 Å². The quantitative estimate of drug-likeness (QED) is 0.0607. The zero-order valence-electron chi connectivity index (χ0n) is 29.7. The molecule has 10 heteroatoms. The summed E-state index contributed by atoms with van der Waals surface area (Å²) in [5.41, 5.74) is -0.313. The van der Waals surface area contributed by atoms with Gasteiger partial charge in [-0.3, -0.25) is 4.79 Å². The number of likely N-dealkylation sites (tertiary alicyclic amines) is 1. The molecule has 1 aliphatic heterocycles. The van der Waals surface area contributed by atoms with E-state index in [4.69, 9.17) is 9.47 Å². The van der Waals surface area contributed by atoms with Gasteiger partial charge in [0, 0.05) is 23.6 Å². The molecule has 0 radical (unpaired) electrons. The van der Waals surface area contributed by atoms with Gasteiger partial charge in [-0.2, -0.15) is 0 Å². The lowest BCUT2D eigenvalue weighted by molar-refractivity contribution is -0.164. The second-order valence-corrected chi connectivity index (χ2v) is 13.7. The molecule has 0 saturated carbocycles. The lowest BCUT2D eigenvalue weighted by Gasteiger charge is -2.33. The summed E-state index contributed by atoms with van der Waals surface area (Å²) < 4.78 is 11.1. The number of nitrogens with zero attached hydrogens (tertiary/aromatic N) is 1. The number of benzene rings is 3. The van der Waals surface area contributed by atoms with E-state index in [-0.39, 0.29) is 17.2 Å². The average Bonchev–Trinajstić information content (AvgIpc) is 3.16. The zero-order chi connectivity index (χ0) is 36.1. The molecule has 0 amide bonds. The lowest BCUT2D eigenvalue weighted by atomic mass is 9.86. The van der Waals surface area contributed by atoms with Crippen LogP contribution in [0.15, 0.2) is 83.7 Å². The Kier molecular flexibility index (Phi) is 14.1. The first-order chi connectivity index (χ1) is 24.8. The summed E-state index contributed by atoms with van der Waals surface area (Å²) in [6.07, 6.45) is 9.44. The van der Waals surface area contributed by atoms with Crippen molar-refractivity contribution in [3.05, 3.63) is 106 Å². The van der Waals surface area contributed by atoms with E-state index in [1.807, 2.05) is 6.07 Å². The largest absolute Gasteiger partial charge is 0.506 e. The molecule has 1 saturated heterocycles. The number of ether oxygens (including phenoxy) is 2. The number of esters is 1. The molecule has 0 bridgehead atoms. The standard InChI is InChI=1S/C41H53N3O7/c1-50-33-16-12-15-32(27-33)41(49,31-13-8-7-9-14-31)40(48)51-29-30-21-25-44(26-22-30)24-11-6-4-2-3-5-10-23-42-28-37(46)34-17-19-36(45)39-35(34)18-20-38(47)43-39/h7-9,12-20,27,30,37,42,45-46,49H,2-6,10-11,21-26,28-29H2,1H3,(H,43,47). The molecule has 2 unspecified atom stereocenters. The van der Waals surface area contributed by atoms with Gasteiger partial charge in [0.25, 0.3) is 0 Å². The summed E-state index contributed by atoms with van der Waals surface area (Å²) in [5, 5.41) is 36.5. The number of fused-ring (bicyclic) bond motifs is 1. The number of carbonyl (C=O) groups is 1. The number of rotatable bonds is 19. The molecule has 0 aliphatic carbocycles. The van der Waals surface area contributed by atoms with E-state index in [0.717, 1.165) is 51.9 Å². The highest BCUT2D eigenvalue weighted by Crippen LogP contribution is 2.34. The van der Waals surface area contributed by atoms with Crippen molar-refractivity contribution < 1.29 is 29.6 Å². The van der Waals surface area contributed by atoms with E-state index >= 15 is 0 Å². The molecular weight excluding hydrogens is 646 g/mol.